The summed E-state index contributed by atoms with van der Waals surface area (Å²) in [7, 11) is 0. The molecule has 0 aromatic heterocycles. The lowest BCUT2D eigenvalue weighted by Gasteiger charge is -2.23. The van der Waals surface area contributed by atoms with Crippen LogP contribution in [-0.2, 0) is 9.59 Å². The standard InChI is InChI=1S/C10H18N2O3/c1-2-8(10(14)15)12-9(13)7-3-5-11-6-4-7/h7-8,11H,2-6H2,1H3,(H,12,13)(H,14,15)/t8-/m0/s1. The SMILES string of the molecule is CC[C@H](NC(=O)C1CCNCC1)C(=O)O. The fourth-order valence-corrected chi connectivity index (χ4v) is 1.71. The maximum absolute atomic E-state index is 11.7. The van der Waals surface area contributed by atoms with Gasteiger partial charge in [0.1, 0.15) is 6.04 Å². The number of nitrogens with one attached hydrogen (secondary N) is 2. The minimum Gasteiger partial charge on any atom is -0.480 e. The van der Waals surface area contributed by atoms with Crippen molar-refractivity contribution < 1.29 is 14.7 Å². The van der Waals surface area contributed by atoms with Crippen molar-refractivity contribution in [3.05, 3.63) is 0 Å². The number of aliphatic carboxylic acids is 1. The fourth-order valence-electron chi connectivity index (χ4n) is 1.71. The molecule has 0 radical (unpaired) electrons. The van der Waals surface area contributed by atoms with E-state index in [-0.39, 0.29) is 11.8 Å². The third-order valence-corrected chi connectivity index (χ3v) is 2.73. The highest BCUT2D eigenvalue weighted by molar-refractivity contribution is 5.84. The predicted molar refractivity (Wildman–Crippen MR) is 55.5 cm³/mol. The molecule has 0 spiro atoms. The molecule has 5 nitrogen and oxygen atoms in total. The Bertz CT molecular complexity index is 237. The van der Waals surface area contributed by atoms with Gasteiger partial charge in [-0.15, -0.1) is 0 Å². The van der Waals surface area contributed by atoms with E-state index in [0.717, 1.165) is 25.9 Å². The third kappa shape index (κ3) is 3.51. The van der Waals surface area contributed by atoms with Crippen molar-refractivity contribution in [2.45, 2.75) is 32.2 Å². The van der Waals surface area contributed by atoms with E-state index in [1.54, 1.807) is 6.92 Å². The second kappa shape index (κ2) is 5.70. The maximum Gasteiger partial charge on any atom is 0.326 e. The van der Waals surface area contributed by atoms with Crippen LogP contribution in [0, 0.1) is 5.92 Å². The molecule has 1 atom stereocenters. The molecule has 5 heteroatoms. The lowest BCUT2D eigenvalue weighted by atomic mass is 9.97. The van der Waals surface area contributed by atoms with Crippen LogP contribution in [0.25, 0.3) is 0 Å². The number of carbonyl (C=O) groups is 2. The quantitative estimate of drug-likeness (QED) is 0.614. The molecular weight excluding hydrogens is 196 g/mol. The van der Waals surface area contributed by atoms with Gasteiger partial charge in [-0.05, 0) is 32.4 Å². The minimum atomic E-state index is -0.959. The summed E-state index contributed by atoms with van der Waals surface area (Å²) in [5.41, 5.74) is 0. The van der Waals surface area contributed by atoms with Gasteiger partial charge in [0.05, 0.1) is 0 Å². The van der Waals surface area contributed by atoms with Crippen molar-refractivity contribution >= 4 is 11.9 Å². The first-order valence-corrected chi connectivity index (χ1v) is 5.39. The molecule has 1 saturated heterocycles. The number of amides is 1. The first-order valence-electron chi connectivity index (χ1n) is 5.39. The summed E-state index contributed by atoms with van der Waals surface area (Å²) in [4.78, 5) is 22.4. The summed E-state index contributed by atoms with van der Waals surface area (Å²) >= 11 is 0. The molecule has 1 heterocycles. The molecule has 0 aliphatic carbocycles. The second-order valence-electron chi connectivity index (χ2n) is 3.83. The highest BCUT2D eigenvalue weighted by Gasteiger charge is 2.25. The van der Waals surface area contributed by atoms with Gasteiger partial charge < -0.3 is 15.7 Å². The number of hydrogen-bond donors (Lipinski definition) is 3. The highest BCUT2D eigenvalue weighted by atomic mass is 16.4. The molecule has 0 unspecified atom stereocenters. The van der Waals surface area contributed by atoms with Crippen LogP contribution in [0.4, 0.5) is 0 Å². The van der Waals surface area contributed by atoms with E-state index in [4.69, 9.17) is 5.11 Å². The summed E-state index contributed by atoms with van der Waals surface area (Å²) in [6.45, 7) is 3.42. The van der Waals surface area contributed by atoms with Gasteiger partial charge in [0.15, 0.2) is 0 Å². The van der Waals surface area contributed by atoms with E-state index in [0.29, 0.717) is 6.42 Å². The van der Waals surface area contributed by atoms with Crippen LogP contribution in [0.1, 0.15) is 26.2 Å². The molecule has 3 N–H and O–H groups in total. The van der Waals surface area contributed by atoms with Crippen LogP contribution < -0.4 is 10.6 Å². The monoisotopic (exact) mass is 214 g/mol. The summed E-state index contributed by atoms with van der Waals surface area (Å²) in [5.74, 6) is -1.11. The van der Waals surface area contributed by atoms with E-state index in [2.05, 4.69) is 10.6 Å². The van der Waals surface area contributed by atoms with Crippen molar-refractivity contribution in [2.75, 3.05) is 13.1 Å². The van der Waals surface area contributed by atoms with Crippen LogP contribution >= 0.6 is 0 Å². The minimum absolute atomic E-state index is 0.0281. The van der Waals surface area contributed by atoms with Crippen LogP contribution in [0.5, 0.6) is 0 Å². The number of rotatable bonds is 4. The van der Waals surface area contributed by atoms with Gasteiger partial charge in [-0.25, -0.2) is 4.79 Å². The molecule has 1 rings (SSSR count). The van der Waals surface area contributed by atoms with Gasteiger partial charge >= 0.3 is 5.97 Å². The van der Waals surface area contributed by atoms with Crippen LogP contribution in [0.3, 0.4) is 0 Å². The molecule has 86 valence electrons. The Kier molecular flexibility index (Phi) is 4.55. The number of piperidine rings is 1. The van der Waals surface area contributed by atoms with E-state index in [1.807, 2.05) is 0 Å². The molecule has 15 heavy (non-hydrogen) atoms. The zero-order chi connectivity index (χ0) is 11.3. The average Bonchev–Trinajstić information content (AvgIpc) is 2.26. The predicted octanol–water partition coefficient (Wildman–Crippen LogP) is -0.0346. The van der Waals surface area contributed by atoms with E-state index >= 15 is 0 Å². The summed E-state index contributed by atoms with van der Waals surface area (Å²) in [6.07, 6.45) is 2.01. The summed E-state index contributed by atoms with van der Waals surface area (Å²) in [6, 6.07) is -0.743. The molecule has 0 bridgehead atoms. The zero-order valence-corrected chi connectivity index (χ0v) is 8.95. The number of hydrogen-bond acceptors (Lipinski definition) is 3. The van der Waals surface area contributed by atoms with Crippen molar-refractivity contribution in [1.29, 1.82) is 0 Å². The first kappa shape index (κ1) is 12.0. The van der Waals surface area contributed by atoms with Gasteiger partial charge in [-0.2, -0.15) is 0 Å². The van der Waals surface area contributed by atoms with Crippen molar-refractivity contribution in [1.82, 2.24) is 10.6 Å². The smallest absolute Gasteiger partial charge is 0.326 e. The topological polar surface area (TPSA) is 78.4 Å². The first-order chi connectivity index (χ1) is 7.15. The van der Waals surface area contributed by atoms with E-state index < -0.39 is 12.0 Å². The van der Waals surface area contributed by atoms with Crippen LogP contribution in [0.2, 0.25) is 0 Å². The lowest BCUT2D eigenvalue weighted by Crippen LogP contribution is -2.45. The average molecular weight is 214 g/mol. The molecular formula is C10H18N2O3. The molecule has 1 aliphatic rings. The van der Waals surface area contributed by atoms with Crippen molar-refractivity contribution in [3.8, 4) is 0 Å². The maximum atomic E-state index is 11.7. The molecule has 0 aromatic carbocycles. The number of carboxylic acids is 1. The molecule has 1 fully saturated rings. The summed E-state index contributed by atoms with van der Waals surface area (Å²) in [5, 5.41) is 14.5. The largest absolute Gasteiger partial charge is 0.480 e. The third-order valence-electron chi connectivity index (χ3n) is 2.73. The van der Waals surface area contributed by atoms with Crippen LogP contribution in [0.15, 0.2) is 0 Å². The molecule has 0 aromatic rings. The summed E-state index contributed by atoms with van der Waals surface area (Å²) < 4.78 is 0. The molecule has 0 saturated carbocycles. The molecule has 1 amide bonds. The Morgan fingerprint density at radius 1 is 1.47 bits per heavy atom. The second-order valence-corrected chi connectivity index (χ2v) is 3.83. The normalized spacial score (nSPS) is 19.5. The van der Waals surface area contributed by atoms with E-state index in [1.165, 1.54) is 0 Å². The van der Waals surface area contributed by atoms with E-state index in [9.17, 15) is 9.59 Å². The van der Waals surface area contributed by atoms with Gasteiger partial charge in [0, 0.05) is 5.92 Å². The van der Waals surface area contributed by atoms with Crippen LogP contribution in [-0.4, -0.2) is 36.1 Å². The molecule has 1 aliphatic heterocycles. The van der Waals surface area contributed by atoms with Gasteiger partial charge in [-0.3, -0.25) is 4.79 Å². The zero-order valence-electron chi connectivity index (χ0n) is 8.95. The lowest BCUT2D eigenvalue weighted by molar-refractivity contribution is -0.142. The van der Waals surface area contributed by atoms with Crippen molar-refractivity contribution in [2.24, 2.45) is 5.92 Å². The Hall–Kier alpha value is -1.10. The Morgan fingerprint density at radius 3 is 2.53 bits per heavy atom. The fraction of sp³-hybridized carbons (Fsp3) is 0.800. The number of carboxylic acid groups (broad SMARTS) is 1. The van der Waals surface area contributed by atoms with Crippen molar-refractivity contribution in [3.63, 3.8) is 0 Å². The Labute approximate surface area is 89.2 Å². The number of carbonyl (C=O) groups excluding carboxylic acids is 1. The Morgan fingerprint density at radius 2 is 2.07 bits per heavy atom. The Balaban J connectivity index is 2.42. The highest BCUT2D eigenvalue weighted by Crippen LogP contribution is 2.11. The van der Waals surface area contributed by atoms with Gasteiger partial charge in [0.2, 0.25) is 5.91 Å². The van der Waals surface area contributed by atoms with Gasteiger partial charge in [0.25, 0.3) is 0 Å². The van der Waals surface area contributed by atoms with Gasteiger partial charge in [-0.1, -0.05) is 6.92 Å².